The summed E-state index contributed by atoms with van der Waals surface area (Å²) in [5.74, 6) is -3.27. The van der Waals surface area contributed by atoms with E-state index in [0.29, 0.717) is 37.8 Å². The first kappa shape index (κ1) is 19.9. The lowest BCUT2D eigenvalue weighted by Gasteiger charge is -2.44. The van der Waals surface area contributed by atoms with Crippen molar-refractivity contribution in [1.29, 1.82) is 0 Å². The molecule has 0 unspecified atom stereocenters. The van der Waals surface area contributed by atoms with Crippen LogP contribution < -0.4 is 0 Å². The van der Waals surface area contributed by atoms with Crippen LogP contribution in [0.1, 0.15) is 51.2 Å². The van der Waals surface area contributed by atoms with E-state index < -0.39 is 23.7 Å². The molecule has 1 saturated carbocycles. The number of nitrogens with zero attached hydrogens (tertiary/aromatic N) is 1. The number of fused-ring (bicyclic) bond motifs is 3. The van der Waals surface area contributed by atoms with Crippen molar-refractivity contribution in [3.05, 3.63) is 28.2 Å². The van der Waals surface area contributed by atoms with Gasteiger partial charge < -0.3 is 14.9 Å². The molecule has 2 heterocycles. The lowest BCUT2D eigenvalue weighted by atomic mass is 9.64. The molecule has 6 atom stereocenters. The van der Waals surface area contributed by atoms with E-state index in [9.17, 15) is 19.8 Å². The van der Waals surface area contributed by atoms with E-state index in [-0.39, 0.29) is 29.4 Å². The van der Waals surface area contributed by atoms with Gasteiger partial charge in [-0.05, 0) is 43.9 Å². The minimum Gasteiger partial charge on any atom is -0.508 e. The Morgan fingerprint density at radius 3 is 2.68 bits per heavy atom. The summed E-state index contributed by atoms with van der Waals surface area (Å²) in [4.78, 5) is 27.3. The number of aliphatic hydroxyl groups is 1. The normalized spacial score (nSPS) is 37.3. The first-order chi connectivity index (χ1) is 13.3. The molecule has 1 aliphatic carbocycles. The predicted molar refractivity (Wildman–Crippen MR) is 105 cm³/mol. The Labute approximate surface area is 173 Å². The Bertz CT molecular complexity index is 814. The van der Waals surface area contributed by atoms with E-state index in [1.54, 1.807) is 18.2 Å². The molecule has 4 rings (SSSR count). The van der Waals surface area contributed by atoms with Gasteiger partial charge in [-0.3, -0.25) is 14.5 Å². The second kappa shape index (κ2) is 7.11. The van der Waals surface area contributed by atoms with Crippen LogP contribution in [0.5, 0.6) is 5.75 Å². The van der Waals surface area contributed by atoms with Crippen LogP contribution in [0.25, 0.3) is 0 Å². The van der Waals surface area contributed by atoms with Crippen LogP contribution in [0.2, 0.25) is 0 Å². The molecule has 3 fully saturated rings. The molecule has 0 bridgehead atoms. The summed E-state index contributed by atoms with van der Waals surface area (Å²) in [6.07, 6.45) is 1.70. The molecule has 0 radical (unpaired) electrons. The largest absolute Gasteiger partial charge is 0.508 e. The van der Waals surface area contributed by atoms with E-state index in [4.69, 9.17) is 4.74 Å². The van der Waals surface area contributed by atoms with Gasteiger partial charge in [-0.1, -0.05) is 29.8 Å². The zero-order chi connectivity index (χ0) is 20.2. The van der Waals surface area contributed by atoms with E-state index in [2.05, 4.69) is 15.9 Å². The van der Waals surface area contributed by atoms with Crippen molar-refractivity contribution in [2.75, 3.05) is 6.54 Å². The molecule has 152 valence electrons. The fourth-order valence-electron chi connectivity index (χ4n) is 5.43. The third-order valence-electron chi connectivity index (χ3n) is 6.73. The molecule has 28 heavy (non-hydrogen) atoms. The zero-order valence-corrected chi connectivity index (χ0v) is 17.7. The number of amides is 2. The summed E-state index contributed by atoms with van der Waals surface area (Å²) in [6, 6.07) is 5.11. The van der Waals surface area contributed by atoms with Crippen LogP contribution in [0.4, 0.5) is 0 Å². The Balaban J connectivity index is 1.72. The Hall–Kier alpha value is -1.44. The molecule has 2 amide bonds. The number of carbonyl (C=O) groups is 2. The van der Waals surface area contributed by atoms with Gasteiger partial charge in [-0.25, -0.2) is 0 Å². The average Bonchev–Trinajstić information content (AvgIpc) is 3.13. The number of aromatic hydroxyl groups is 1. The van der Waals surface area contributed by atoms with Crippen molar-refractivity contribution < 1.29 is 24.5 Å². The van der Waals surface area contributed by atoms with Gasteiger partial charge >= 0.3 is 0 Å². The van der Waals surface area contributed by atoms with Crippen LogP contribution >= 0.6 is 15.9 Å². The first-order valence-corrected chi connectivity index (χ1v) is 10.8. The zero-order valence-electron chi connectivity index (χ0n) is 16.1. The topological polar surface area (TPSA) is 87.1 Å². The molecular formula is C21H26BrNO5. The maximum absolute atomic E-state index is 13.1. The molecule has 2 saturated heterocycles. The lowest BCUT2D eigenvalue weighted by Crippen LogP contribution is -2.53. The Kier molecular flexibility index (Phi) is 5.04. The lowest BCUT2D eigenvalue weighted by molar-refractivity contribution is -0.269. The summed E-state index contributed by atoms with van der Waals surface area (Å²) in [5, 5.41) is 21.9. The SMILES string of the molecule is CCCN1C(=O)[C@H]2[C@H](C[C@H](CC)[C@@]3(O)O[C@H](c4cc(Br)ccc4O)C[C@@H]23)C1=O. The first-order valence-electron chi connectivity index (χ1n) is 10.1. The third kappa shape index (κ3) is 2.82. The van der Waals surface area contributed by atoms with Crippen molar-refractivity contribution in [1.82, 2.24) is 4.90 Å². The average molecular weight is 452 g/mol. The maximum Gasteiger partial charge on any atom is 0.233 e. The van der Waals surface area contributed by atoms with Gasteiger partial charge in [0, 0.05) is 28.4 Å². The summed E-state index contributed by atoms with van der Waals surface area (Å²) < 4.78 is 6.96. The fraction of sp³-hybridized carbons (Fsp3) is 0.619. The highest BCUT2D eigenvalue weighted by Gasteiger charge is 2.66. The van der Waals surface area contributed by atoms with Gasteiger partial charge in [0.1, 0.15) is 5.75 Å². The quantitative estimate of drug-likeness (QED) is 0.685. The summed E-state index contributed by atoms with van der Waals surface area (Å²) in [5.41, 5.74) is 0.589. The van der Waals surface area contributed by atoms with Gasteiger partial charge in [0.25, 0.3) is 0 Å². The summed E-state index contributed by atoms with van der Waals surface area (Å²) >= 11 is 3.41. The number of ether oxygens (including phenoxy) is 1. The summed E-state index contributed by atoms with van der Waals surface area (Å²) in [6.45, 7) is 4.33. The second-order valence-electron chi connectivity index (χ2n) is 8.20. The number of hydrogen-bond donors (Lipinski definition) is 2. The van der Waals surface area contributed by atoms with Crippen molar-refractivity contribution >= 4 is 27.7 Å². The highest BCUT2D eigenvalue weighted by molar-refractivity contribution is 9.10. The smallest absolute Gasteiger partial charge is 0.233 e. The van der Waals surface area contributed by atoms with Crippen molar-refractivity contribution in [3.8, 4) is 5.75 Å². The maximum atomic E-state index is 13.1. The summed E-state index contributed by atoms with van der Waals surface area (Å²) in [7, 11) is 0. The second-order valence-corrected chi connectivity index (χ2v) is 9.12. The van der Waals surface area contributed by atoms with Crippen molar-refractivity contribution in [2.45, 2.75) is 51.4 Å². The highest BCUT2D eigenvalue weighted by atomic mass is 79.9. The minimum absolute atomic E-state index is 0.0986. The molecule has 0 aromatic heterocycles. The van der Waals surface area contributed by atoms with Crippen LogP contribution in [0.3, 0.4) is 0 Å². The van der Waals surface area contributed by atoms with E-state index in [0.717, 1.165) is 4.47 Å². The Morgan fingerprint density at radius 1 is 1.25 bits per heavy atom. The van der Waals surface area contributed by atoms with Crippen molar-refractivity contribution in [3.63, 3.8) is 0 Å². The minimum atomic E-state index is -1.46. The van der Waals surface area contributed by atoms with E-state index in [1.165, 1.54) is 4.90 Å². The number of halogens is 1. The fourth-order valence-corrected chi connectivity index (χ4v) is 5.81. The number of hydrogen-bond acceptors (Lipinski definition) is 5. The van der Waals surface area contributed by atoms with E-state index >= 15 is 0 Å². The molecule has 6 nitrogen and oxygen atoms in total. The number of phenols is 1. The molecule has 3 aliphatic rings. The number of likely N-dealkylation sites (tertiary alicyclic amines) is 1. The number of phenolic OH excluding ortho intramolecular Hbond substituents is 1. The molecular weight excluding hydrogens is 426 g/mol. The van der Waals surface area contributed by atoms with Crippen LogP contribution in [-0.4, -0.2) is 39.3 Å². The third-order valence-corrected chi connectivity index (χ3v) is 7.22. The van der Waals surface area contributed by atoms with Crippen LogP contribution in [0.15, 0.2) is 22.7 Å². The molecule has 0 spiro atoms. The van der Waals surface area contributed by atoms with Gasteiger partial charge in [-0.15, -0.1) is 0 Å². The monoisotopic (exact) mass is 451 g/mol. The molecule has 1 aromatic carbocycles. The number of benzene rings is 1. The van der Waals surface area contributed by atoms with Gasteiger partial charge in [0.05, 0.1) is 17.9 Å². The molecule has 7 heteroatoms. The van der Waals surface area contributed by atoms with Gasteiger partial charge in [-0.2, -0.15) is 0 Å². The molecule has 2 aliphatic heterocycles. The number of imide groups is 1. The van der Waals surface area contributed by atoms with Crippen LogP contribution in [0, 0.1) is 23.7 Å². The number of carbonyl (C=O) groups excluding carboxylic acids is 2. The number of rotatable bonds is 4. The van der Waals surface area contributed by atoms with Crippen molar-refractivity contribution in [2.24, 2.45) is 23.7 Å². The van der Waals surface area contributed by atoms with Crippen LogP contribution in [-0.2, 0) is 14.3 Å². The highest BCUT2D eigenvalue weighted by Crippen LogP contribution is 2.59. The van der Waals surface area contributed by atoms with Gasteiger partial charge in [0.2, 0.25) is 11.8 Å². The molecule has 2 N–H and O–H groups in total. The standard InChI is InChI=1S/C21H26BrNO5/c1-3-7-23-19(25)14-8-11(4-2)21(27)15(18(14)20(23)26)10-17(28-21)13-9-12(22)5-6-16(13)24/h5-6,9,11,14-15,17-18,24,27H,3-4,7-8,10H2,1-2H3/t11-,14-,15-,17-,18-,21+/m0/s1. The van der Waals surface area contributed by atoms with Gasteiger partial charge in [0.15, 0.2) is 5.79 Å². The Morgan fingerprint density at radius 2 is 2.00 bits per heavy atom. The molecule has 1 aromatic rings. The van der Waals surface area contributed by atoms with E-state index in [1.807, 2.05) is 13.8 Å². The predicted octanol–water partition coefficient (Wildman–Crippen LogP) is 3.36.